The van der Waals surface area contributed by atoms with Gasteiger partial charge in [-0.05, 0) is 25.2 Å². The highest BCUT2D eigenvalue weighted by atomic mass is 16.5. The average Bonchev–Trinajstić information content (AvgIpc) is 2.17. The first-order chi connectivity index (χ1) is 5.77. The van der Waals surface area contributed by atoms with Gasteiger partial charge in [0.2, 0.25) is 0 Å². The molecule has 3 atom stereocenters. The normalized spacial score (nSPS) is 33.2. The number of aliphatic hydroxyl groups is 1. The molecule has 0 spiro atoms. The predicted molar refractivity (Wildman–Crippen MR) is 47.8 cm³/mol. The van der Waals surface area contributed by atoms with Crippen LogP contribution in [0.25, 0.3) is 0 Å². The fraction of sp³-hybridized carbons (Fsp3) is 1.00. The van der Waals surface area contributed by atoms with Crippen LogP contribution < -0.4 is 5.73 Å². The van der Waals surface area contributed by atoms with E-state index in [1.54, 1.807) is 7.11 Å². The molecule has 3 nitrogen and oxygen atoms in total. The van der Waals surface area contributed by atoms with Gasteiger partial charge < -0.3 is 15.6 Å². The fourth-order valence-corrected chi connectivity index (χ4v) is 1.93. The molecule has 0 bridgehead atoms. The first kappa shape index (κ1) is 9.96. The van der Waals surface area contributed by atoms with E-state index in [1.807, 2.05) is 0 Å². The van der Waals surface area contributed by atoms with Gasteiger partial charge in [-0.15, -0.1) is 0 Å². The van der Waals surface area contributed by atoms with E-state index in [-0.39, 0.29) is 12.6 Å². The van der Waals surface area contributed by atoms with E-state index in [4.69, 9.17) is 15.6 Å². The van der Waals surface area contributed by atoms with Crippen LogP contribution in [0.1, 0.15) is 25.7 Å². The fourth-order valence-electron chi connectivity index (χ4n) is 1.93. The molecule has 0 saturated heterocycles. The first-order valence-corrected chi connectivity index (χ1v) is 4.67. The van der Waals surface area contributed by atoms with E-state index in [9.17, 15) is 0 Å². The molecule has 72 valence electrons. The van der Waals surface area contributed by atoms with Crippen LogP contribution in [0.5, 0.6) is 0 Å². The van der Waals surface area contributed by atoms with Gasteiger partial charge in [-0.1, -0.05) is 6.42 Å². The first-order valence-electron chi connectivity index (χ1n) is 4.67. The largest absolute Gasteiger partial charge is 0.395 e. The molecule has 3 N–H and O–H groups in total. The van der Waals surface area contributed by atoms with Crippen molar-refractivity contribution in [2.75, 3.05) is 13.7 Å². The van der Waals surface area contributed by atoms with Gasteiger partial charge in [-0.3, -0.25) is 0 Å². The van der Waals surface area contributed by atoms with Crippen LogP contribution in [0.3, 0.4) is 0 Å². The number of rotatable bonds is 3. The number of ether oxygens (including phenoxy) is 1. The lowest BCUT2D eigenvalue weighted by molar-refractivity contribution is 0.0399. The summed E-state index contributed by atoms with van der Waals surface area (Å²) in [5, 5.41) is 8.88. The number of methoxy groups -OCH3 is 1. The van der Waals surface area contributed by atoms with Crippen LogP contribution >= 0.6 is 0 Å². The third kappa shape index (κ3) is 2.44. The Balaban J connectivity index is 2.34. The van der Waals surface area contributed by atoms with E-state index in [2.05, 4.69) is 0 Å². The minimum Gasteiger partial charge on any atom is -0.395 e. The molecule has 1 rings (SSSR count). The quantitative estimate of drug-likeness (QED) is 0.654. The van der Waals surface area contributed by atoms with E-state index < -0.39 is 0 Å². The van der Waals surface area contributed by atoms with Gasteiger partial charge in [0.25, 0.3) is 0 Å². The van der Waals surface area contributed by atoms with Gasteiger partial charge in [0.15, 0.2) is 0 Å². The van der Waals surface area contributed by atoms with Gasteiger partial charge in [0.05, 0.1) is 12.7 Å². The van der Waals surface area contributed by atoms with Crippen molar-refractivity contribution < 1.29 is 9.84 Å². The van der Waals surface area contributed by atoms with E-state index >= 15 is 0 Å². The minimum atomic E-state index is -0.0528. The lowest BCUT2D eigenvalue weighted by Crippen LogP contribution is -2.38. The molecule has 1 aliphatic carbocycles. The zero-order chi connectivity index (χ0) is 8.97. The van der Waals surface area contributed by atoms with E-state index in [1.165, 1.54) is 6.42 Å². The van der Waals surface area contributed by atoms with Gasteiger partial charge in [0.1, 0.15) is 0 Å². The molecule has 0 aromatic rings. The maximum Gasteiger partial charge on any atom is 0.0585 e. The second-order valence-corrected chi connectivity index (χ2v) is 3.63. The Hall–Kier alpha value is -0.120. The molecule has 3 heteroatoms. The molecule has 1 fully saturated rings. The van der Waals surface area contributed by atoms with Crippen LogP contribution in [0.4, 0.5) is 0 Å². The van der Waals surface area contributed by atoms with Crippen molar-refractivity contribution in [1.82, 2.24) is 0 Å². The Labute approximate surface area is 73.9 Å². The summed E-state index contributed by atoms with van der Waals surface area (Å²) < 4.78 is 5.28. The molecule has 0 aliphatic heterocycles. The molecule has 3 unspecified atom stereocenters. The lowest BCUT2D eigenvalue weighted by Gasteiger charge is -2.31. The Kier molecular flexibility index (Phi) is 3.98. The van der Waals surface area contributed by atoms with Crippen molar-refractivity contribution >= 4 is 0 Å². The number of aliphatic hydroxyl groups excluding tert-OH is 1. The second kappa shape index (κ2) is 4.80. The maximum atomic E-state index is 8.88. The Bertz CT molecular complexity index is 128. The average molecular weight is 173 g/mol. The van der Waals surface area contributed by atoms with Crippen molar-refractivity contribution in [1.29, 1.82) is 0 Å². The third-order valence-corrected chi connectivity index (χ3v) is 2.82. The zero-order valence-corrected chi connectivity index (χ0v) is 7.70. The van der Waals surface area contributed by atoms with E-state index in [0.717, 1.165) is 19.3 Å². The van der Waals surface area contributed by atoms with E-state index in [0.29, 0.717) is 12.0 Å². The predicted octanol–water partition coefficient (Wildman–Crippen LogP) is 0.511. The van der Waals surface area contributed by atoms with Crippen LogP contribution in [0.15, 0.2) is 0 Å². The highest BCUT2D eigenvalue weighted by Gasteiger charge is 2.25. The van der Waals surface area contributed by atoms with Crippen LogP contribution in [0.2, 0.25) is 0 Å². The Morgan fingerprint density at radius 3 is 2.92 bits per heavy atom. The minimum absolute atomic E-state index is 0.0528. The Morgan fingerprint density at radius 2 is 2.33 bits per heavy atom. The molecule has 0 radical (unpaired) electrons. The molecular weight excluding hydrogens is 154 g/mol. The summed E-state index contributed by atoms with van der Waals surface area (Å²) in [7, 11) is 1.75. The highest BCUT2D eigenvalue weighted by Crippen LogP contribution is 2.27. The van der Waals surface area contributed by atoms with Gasteiger partial charge >= 0.3 is 0 Å². The monoisotopic (exact) mass is 173 g/mol. The summed E-state index contributed by atoms with van der Waals surface area (Å²) in [5.41, 5.74) is 5.76. The van der Waals surface area contributed by atoms with Gasteiger partial charge in [-0.25, -0.2) is 0 Å². The third-order valence-electron chi connectivity index (χ3n) is 2.82. The zero-order valence-electron chi connectivity index (χ0n) is 7.70. The van der Waals surface area contributed by atoms with Crippen molar-refractivity contribution in [3.05, 3.63) is 0 Å². The summed E-state index contributed by atoms with van der Waals surface area (Å²) in [6, 6.07) is -0.0528. The standard InChI is InChI=1S/C9H19NO2/c1-12-8-4-2-3-7(5-8)9(10)6-11/h7-9,11H,2-6,10H2,1H3. The topological polar surface area (TPSA) is 55.5 Å². The second-order valence-electron chi connectivity index (χ2n) is 3.63. The van der Waals surface area contributed by atoms with Crippen molar-refractivity contribution in [2.24, 2.45) is 11.7 Å². The summed E-state index contributed by atoms with van der Waals surface area (Å²) >= 11 is 0. The van der Waals surface area contributed by atoms with Crippen molar-refractivity contribution in [2.45, 2.75) is 37.8 Å². The van der Waals surface area contributed by atoms with Gasteiger partial charge in [-0.2, -0.15) is 0 Å². The molecule has 0 aromatic heterocycles. The smallest absolute Gasteiger partial charge is 0.0585 e. The molecule has 0 heterocycles. The highest BCUT2D eigenvalue weighted by molar-refractivity contribution is 4.80. The molecular formula is C9H19NO2. The molecule has 1 aliphatic rings. The van der Waals surface area contributed by atoms with Crippen LogP contribution in [-0.4, -0.2) is 31.0 Å². The van der Waals surface area contributed by atoms with Crippen molar-refractivity contribution in [3.8, 4) is 0 Å². The maximum absolute atomic E-state index is 8.88. The number of nitrogens with two attached hydrogens (primary N) is 1. The Morgan fingerprint density at radius 1 is 1.58 bits per heavy atom. The molecule has 12 heavy (non-hydrogen) atoms. The number of hydrogen-bond donors (Lipinski definition) is 2. The molecule has 1 saturated carbocycles. The summed E-state index contributed by atoms with van der Waals surface area (Å²) in [5.74, 6) is 0.452. The molecule has 0 amide bonds. The summed E-state index contributed by atoms with van der Waals surface area (Å²) in [4.78, 5) is 0. The summed E-state index contributed by atoms with van der Waals surface area (Å²) in [6.45, 7) is 0.0983. The SMILES string of the molecule is COC1CCCC(C(N)CO)C1. The summed E-state index contributed by atoms with van der Waals surface area (Å²) in [6.07, 6.45) is 4.84. The van der Waals surface area contributed by atoms with Crippen molar-refractivity contribution in [3.63, 3.8) is 0 Å². The van der Waals surface area contributed by atoms with Gasteiger partial charge in [0, 0.05) is 13.2 Å². The number of hydrogen-bond acceptors (Lipinski definition) is 3. The van der Waals surface area contributed by atoms with Crippen LogP contribution in [0, 0.1) is 5.92 Å². The lowest BCUT2D eigenvalue weighted by atomic mass is 9.83. The van der Waals surface area contributed by atoms with Crippen LogP contribution in [-0.2, 0) is 4.74 Å². The molecule has 0 aromatic carbocycles.